The molecule has 0 saturated heterocycles. The topological polar surface area (TPSA) is 44.8 Å². The van der Waals surface area contributed by atoms with Crippen LogP contribution in [-0.2, 0) is 18.1 Å². The smallest absolute Gasteiger partial charge is 0.374 e. The summed E-state index contributed by atoms with van der Waals surface area (Å²) in [6, 6.07) is 0.770. The summed E-state index contributed by atoms with van der Waals surface area (Å²) in [4.78, 5) is 11.5. The maximum atomic E-state index is 11.5. The van der Waals surface area contributed by atoms with E-state index in [9.17, 15) is 4.79 Å². The Bertz CT molecular complexity index is 262. The molecule has 0 aliphatic heterocycles. The van der Waals surface area contributed by atoms with Gasteiger partial charge in [0.1, 0.15) is 0 Å². The molecule has 0 saturated carbocycles. The van der Waals surface area contributed by atoms with Crippen LogP contribution >= 0.6 is 0 Å². The Kier molecular flexibility index (Phi) is 10.0. The Morgan fingerprint density at radius 1 is 1.00 bits per heavy atom. The highest BCUT2D eigenvalue weighted by Gasteiger charge is 2.39. The molecule has 0 heterocycles. The van der Waals surface area contributed by atoms with Crippen LogP contribution in [0.4, 0.5) is 0 Å². The number of carbonyl (C=O) groups is 1. The van der Waals surface area contributed by atoms with Crippen molar-refractivity contribution in [3.05, 3.63) is 12.2 Å². The van der Waals surface area contributed by atoms with Crippen molar-refractivity contribution >= 4 is 14.6 Å². The number of rotatable bonds is 12. The Labute approximate surface area is 118 Å². The van der Waals surface area contributed by atoms with Gasteiger partial charge in [-0.15, -0.1) is 0 Å². The van der Waals surface area contributed by atoms with Gasteiger partial charge in [0, 0.05) is 32.3 Å². The fourth-order valence-corrected chi connectivity index (χ4v) is 4.53. The third-order valence-corrected chi connectivity index (χ3v) is 5.86. The second-order valence-corrected chi connectivity index (χ2v) is 7.12. The lowest BCUT2D eigenvalue weighted by Crippen LogP contribution is -2.45. The summed E-state index contributed by atoms with van der Waals surface area (Å²) in [5, 5.41) is 0. The largest absolute Gasteiger partial charge is 0.500 e. The Hall–Kier alpha value is -0.493. The van der Waals surface area contributed by atoms with E-state index in [1.807, 2.05) is 20.8 Å². The first-order chi connectivity index (χ1) is 9.01. The normalized spacial score (nSPS) is 11.6. The van der Waals surface area contributed by atoms with Crippen molar-refractivity contribution in [1.29, 1.82) is 0 Å². The fourth-order valence-electron chi connectivity index (χ4n) is 1.84. The average molecular weight is 288 g/mol. The highest BCUT2D eigenvalue weighted by atomic mass is 28.4. The highest BCUT2D eigenvalue weighted by molar-refractivity contribution is 6.60. The zero-order valence-electron chi connectivity index (χ0n) is 12.8. The minimum atomic E-state index is -2.53. The van der Waals surface area contributed by atoms with Crippen LogP contribution in [0.2, 0.25) is 6.04 Å². The van der Waals surface area contributed by atoms with Crippen LogP contribution in [0.3, 0.4) is 0 Å². The number of unbranched alkanes of at least 4 members (excludes halogenated alkanes) is 1. The monoisotopic (exact) mass is 288 g/mol. The van der Waals surface area contributed by atoms with Crippen LogP contribution in [0, 0.1) is 0 Å². The van der Waals surface area contributed by atoms with Gasteiger partial charge in [-0.1, -0.05) is 6.58 Å². The molecule has 0 atom stereocenters. The van der Waals surface area contributed by atoms with Crippen molar-refractivity contribution in [1.82, 2.24) is 0 Å². The van der Waals surface area contributed by atoms with E-state index in [0.29, 0.717) is 31.8 Å². The summed E-state index contributed by atoms with van der Waals surface area (Å²) in [6.07, 6.45) is 2.25. The number of hydrogen-bond acceptors (Lipinski definition) is 4. The van der Waals surface area contributed by atoms with E-state index in [0.717, 1.165) is 18.9 Å². The molecule has 0 amide bonds. The van der Waals surface area contributed by atoms with Gasteiger partial charge in [0.05, 0.1) is 0 Å². The van der Waals surface area contributed by atoms with Crippen molar-refractivity contribution in [3.63, 3.8) is 0 Å². The van der Waals surface area contributed by atoms with Gasteiger partial charge in [0.25, 0.3) is 0 Å². The van der Waals surface area contributed by atoms with Crippen LogP contribution in [0.15, 0.2) is 12.2 Å². The highest BCUT2D eigenvalue weighted by Crippen LogP contribution is 2.20. The first kappa shape index (κ1) is 18.5. The summed E-state index contributed by atoms with van der Waals surface area (Å²) in [5.41, 5.74) is 0.628. The summed E-state index contributed by atoms with van der Waals surface area (Å²) >= 11 is 0. The maximum absolute atomic E-state index is 11.5. The first-order valence-electron chi connectivity index (χ1n) is 7.11. The molecule has 0 radical (unpaired) electrons. The quantitative estimate of drug-likeness (QED) is 0.314. The molecule has 5 heteroatoms. The molecule has 0 spiro atoms. The molecular formula is C14H28O4Si. The van der Waals surface area contributed by atoms with E-state index in [4.69, 9.17) is 13.3 Å². The second kappa shape index (κ2) is 10.3. The van der Waals surface area contributed by atoms with Crippen molar-refractivity contribution < 1.29 is 18.1 Å². The zero-order chi connectivity index (χ0) is 14.7. The van der Waals surface area contributed by atoms with E-state index in [2.05, 4.69) is 6.58 Å². The number of hydrogen-bond donors (Lipinski definition) is 0. The van der Waals surface area contributed by atoms with Gasteiger partial charge in [0.15, 0.2) is 5.78 Å². The lowest BCUT2D eigenvalue weighted by molar-refractivity contribution is -0.115. The molecule has 0 bridgehead atoms. The Morgan fingerprint density at radius 2 is 1.47 bits per heavy atom. The minimum absolute atomic E-state index is 0.136. The average Bonchev–Trinajstić information content (AvgIpc) is 2.35. The van der Waals surface area contributed by atoms with E-state index in [-0.39, 0.29) is 5.78 Å². The van der Waals surface area contributed by atoms with Crippen molar-refractivity contribution in [2.45, 2.75) is 53.0 Å². The van der Waals surface area contributed by atoms with Crippen LogP contribution in [-0.4, -0.2) is 34.4 Å². The Balaban J connectivity index is 4.24. The summed E-state index contributed by atoms with van der Waals surface area (Å²) in [5.74, 6) is 0.136. The van der Waals surface area contributed by atoms with Gasteiger partial charge in [-0.3, -0.25) is 4.79 Å². The minimum Gasteiger partial charge on any atom is -0.374 e. The molecule has 112 valence electrons. The molecule has 0 aliphatic rings. The van der Waals surface area contributed by atoms with Gasteiger partial charge in [-0.05, 0) is 46.1 Å². The fraction of sp³-hybridized carbons (Fsp3) is 0.786. The summed E-state index contributed by atoms with van der Waals surface area (Å²) < 4.78 is 17.3. The molecule has 19 heavy (non-hydrogen) atoms. The van der Waals surface area contributed by atoms with Gasteiger partial charge >= 0.3 is 8.80 Å². The number of allylic oxidation sites excluding steroid dienone is 1. The predicted molar refractivity (Wildman–Crippen MR) is 79.1 cm³/mol. The van der Waals surface area contributed by atoms with Gasteiger partial charge < -0.3 is 13.3 Å². The number of ketones is 1. The van der Waals surface area contributed by atoms with E-state index in [1.54, 1.807) is 6.92 Å². The third kappa shape index (κ3) is 7.62. The van der Waals surface area contributed by atoms with Crippen LogP contribution < -0.4 is 0 Å². The first-order valence-corrected chi connectivity index (χ1v) is 9.05. The van der Waals surface area contributed by atoms with Crippen LogP contribution in [0.5, 0.6) is 0 Å². The standard InChI is InChI=1S/C14H28O4Si/c1-6-16-19(17-7-2,18-8-3)12-10-9-11-14(15)13(4)5/h4,6-12H2,1-3,5H3. The lowest BCUT2D eigenvalue weighted by Gasteiger charge is -2.28. The molecular weight excluding hydrogens is 260 g/mol. The predicted octanol–water partition coefficient (Wildman–Crippen LogP) is 3.35. The lowest BCUT2D eigenvalue weighted by atomic mass is 10.1. The molecule has 0 aromatic heterocycles. The number of Topliss-reactive ketones (excluding diaryl/α,β-unsaturated/α-hetero) is 1. The maximum Gasteiger partial charge on any atom is 0.500 e. The van der Waals surface area contributed by atoms with E-state index >= 15 is 0 Å². The Morgan fingerprint density at radius 3 is 1.84 bits per heavy atom. The molecule has 0 aromatic rings. The molecule has 0 unspecified atom stereocenters. The zero-order valence-corrected chi connectivity index (χ0v) is 13.8. The third-order valence-electron chi connectivity index (χ3n) is 2.71. The number of carbonyl (C=O) groups excluding carboxylic acids is 1. The van der Waals surface area contributed by atoms with Crippen LogP contribution in [0.25, 0.3) is 0 Å². The molecule has 4 nitrogen and oxygen atoms in total. The summed E-state index contributed by atoms with van der Waals surface area (Å²) in [7, 11) is -2.53. The SMILES string of the molecule is C=C(C)C(=O)CCCC[Si](OCC)(OCC)OCC. The molecule has 0 N–H and O–H groups in total. The summed E-state index contributed by atoms with van der Waals surface area (Å²) in [6.45, 7) is 13.0. The van der Waals surface area contributed by atoms with Crippen LogP contribution in [0.1, 0.15) is 47.0 Å². The second-order valence-electron chi connectivity index (χ2n) is 4.39. The van der Waals surface area contributed by atoms with Crippen molar-refractivity contribution in [3.8, 4) is 0 Å². The van der Waals surface area contributed by atoms with Crippen molar-refractivity contribution in [2.75, 3.05) is 19.8 Å². The van der Waals surface area contributed by atoms with E-state index < -0.39 is 8.80 Å². The molecule has 0 aromatic carbocycles. The van der Waals surface area contributed by atoms with Gasteiger partial charge in [0.2, 0.25) is 0 Å². The van der Waals surface area contributed by atoms with E-state index in [1.165, 1.54) is 0 Å². The van der Waals surface area contributed by atoms with Gasteiger partial charge in [-0.25, -0.2) is 0 Å². The molecule has 0 fully saturated rings. The molecule has 0 aliphatic carbocycles. The molecule has 0 rings (SSSR count). The van der Waals surface area contributed by atoms with Crippen molar-refractivity contribution in [2.24, 2.45) is 0 Å². The van der Waals surface area contributed by atoms with Gasteiger partial charge in [-0.2, -0.15) is 0 Å².